The Hall–Kier alpha value is -3.28. The van der Waals surface area contributed by atoms with E-state index in [1.807, 2.05) is 38.1 Å². The zero-order valence-corrected chi connectivity index (χ0v) is 27.0. The number of hydrogen-bond acceptors (Lipinski definition) is 6. The number of hydrogen-bond donors (Lipinski definition) is 0. The highest BCUT2D eigenvalue weighted by Crippen LogP contribution is 2.45. The van der Waals surface area contributed by atoms with Gasteiger partial charge < -0.3 is 18.9 Å². The molecule has 2 aliphatic rings. The lowest BCUT2D eigenvalue weighted by atomic mass is 9.81. The molecule has 0 aromatic heterocycles. The second kappa shape index (κ2) is 15.1. The predicted octanol–water partition coefficient (Wildman–Crippen LogP) is 9.05. The second-order valence-corrected chi connectivity index (χ2v) is 13.1. The molecule has 4 atom stereocenters. The van der Waals surface area contributed by atoms with Crippen molar-refractivity contribution >= 4 is 33.5 Å². The van der Waals surface area contributed by atoms with E-state index in [1.165, 1.54) is 52.7 Å². The third-order valence-electron chi connectivity index (χ3n) is 10.2. The minimum absolute atomic E-state index is 0.211. The van der Waals surface area contributed by atoms with E-state index >= 15 is 0 Å². The van der Waals surface area contributed by atoms with Crippen LogP contribution in [-0.2, 0) is 19.1 Å². The minimum atomic E-state index is -0.374. The molecule has 3 aromatic carbocycles. The molecule has 238 valence electrons. The van der Waals surface area contributed by atoms with E-state index in [9.17, 15) is 9.59 Å². The number of benzene rings is 3. The van der Waals surface area contributed by atoms with Gasteiger partial charge in [-0.1, -0.05) is 113 Å². The Labute approximate surface area is 262 Å². The van der Waals surface area contributed by atoms with Crippen LogP contribution in [0.4, 0.5) is 0 Å². The van der Waals surface area contributed by atoms with Crippen molar-refractivity contribution in [3.05, 3.63) is 48.5 Å². The molecule has 0 bridgehead atoms. The average molecular weight is 603 g/mol. The quantitative estimate of drug-likeness (QED) is 0.152. The van der Waals surface area contributed by atoms with E-state index in [2.05, 4.69) is 24.3 Å². The summed E-state index contributed by atoms with van der Waals surface area (Å²) in [6.07, 6.45) is 12.9. The Kier molecular flexibility index (Phi) is 11.1. The number of methoxy groups -OCH3 is 2. The summed E-state index contributed by atoms with van der Waals surface area (Å²) >= 11 is 0. The van der Waals surface area contributed by atoms with Crippen LogP contribution in [0.25, 0.3) is 21.5 Å². The summed E-state index contributed by atoms with van der Waals surface area (Å²) in [5.74, 6) is 1.40. The number of carbonyl (C=O) groups excluding carboxylic acids is 2. The summed E-state index contributed by atoms with van der Waals surface area (Å²) in [4.78, 5) is 26.1. The Morgan fingerprint density at radius 1 is 0.591 bits per heavy atom. The zero-order valence-electron chi connectivity index (χ0n) is 27.0. The Morgan fingerprint density at radius 3 is 1.20 bits per heavy atom. The zero-order chi connectivity index (χ0) is 31.1. The van der Waals surface area contributed by atoms with Gasteiger partial charge in [-0.3, -0.25) is 9.59 Å². The third-order valence-corrected chi connectivity index (χ3v) is 10.2. The largest absolute Gasteiger partial charge is 0.489 e. The van der Waals surface area contributed by atoms with Gasteiger partial charge in [-0.2, -0.15) is 0 Å². The van der Waals surface area contributed by atoms with Crippen molar-refractivity contribution in [2.75, 3.05) is 14.2 Å². The topological polar surface area (TPSA) is 71.1 Å². The molecule has 0 spiro atoms. The lowest BCUT2D eigenvalue weighted by molar-refractivity contribution is -0.150. The molecule has 5 rings (SSSR count). The van der Waals surface area contributed by atoms with Crippen LogP contribution in [0.1, 0.15) is 90.9 Å². The standard InChI is InChI=1S/C38H50O6/c1-25(33(37(39)41-3)23-27-15-7-5-8-16-27)43-35-29-19-11-13-21-31(29)36(32-22-14-12-20-30(32)35)44-26(2)34(38(40)42-4)24-28-17-9-6-10-18-28/h11-14,19-22,25-28,33-34H,5-10,15-18,23-24H2,1-4H3. The maximum absolute atomic E-state index is 13.0. The molecule has 6 heteroatoms. The average Bonchev–Trinajstić information content (AvgIpc) is 3.07. The van der Waals surface area contributed by atoms with Gasteiger partial charge in [-0.25, -0.2) is 0 Å². The van der Waals surface area contributed by atoms with Gasteiger partial charge in [-0.05, 0) is 38.5 Å². The highest BCUT2D eigenvalue weighted by Gasteiger charge is 2.34. The first-order chi connectivity index (χ1) is 21.4. The molecule has 0 saturated heterocycles. The van der Waals surface area contributed by atoms with Crippen LogP contribution in [0.15, 0.2) is 48.5 Å². The van der Waals surface area contributed by atoms with Crippen molar-refractivity contribution < 1.29 is 28.5 Å². The van der Waals surface area contributed by atoms with Crippen LogP contribution < -0.4 is 9.47 Å². The maximum Gasteiger partial charge on any atom is 0.312 e. The monoisotopic (exact) mass is 602 g/mol. The first kappa shape index (κ1) is 32.1. The van der Waals surface area contributed by atoms with Crippen LogP contribution in [-0.4, -0.2) is 38.4 Å². The molecule has 3 aromatic rings. The SMILES string of the molecule is COC(=O)C(CC1CCCCC1)C(C)Oc1c2ccccc2c(OC(C)C(CC2CCCCC2)C(=O)OC)c2ccccc12. The van der Waals surface area contributed by atoms with E-state index in [0.29, 0.717) is 11.8 Å². The van der Waals surface area contributed by atoms with E-state index in [-0.39, 0.29) is 36.0 Å². The number of esters is 2. The van der Waals surface area contributed by atoms with E-state index in [1.54, 1.807) is 0 Å². The minimum Gasteiger partial charge on any atom is -0.489 e. The van der Waals surface area contributed by atoms with E-state index in [0.717, 1.165) is 71.6 Å². The smallest absolute Gasteiger partial charge is 0.312 e. The Balaban J connectivity index is 1.49. The summed E-state index contributed by atoms with van der Waals surface area (Å²) in [5.41, 5.74) is 0. The molecule has 6 nitrogen and oxygen atoms in total. The van der Waals surface area contributed by atoms with Crippen LogP contribution in [0, 0.1) is 23.7 Å². The van der Waals surface area contributed by atoms with Gasteiger partial charge >= 0.3 is 11.9 Å². The molecular formula is C38H50O6. The van der Waals surface area contributed by atoms with E-state index in [4.69, 9.17) is 18.9 Å². The molecule has 4 unspecified atom stereocenters. The van der Waals surface area contributed by atoms with Crippen molar-refractivity contribution in [3.8, 4) is 11.5 Å². The normalized spacial score (nSPS) is 19.2. The van der Waals surface area contributed by atoms with Gasteiger partial charge in [-0.15, -0.1) is 0 Å². The highest BCUT2D eigenvalue weighted by atomic mass is 16.5. The molecule has 0 amide bonds. The lowest BCUT2D eigenvalue weighted by Crippen LogP contribution is -2.34. The van der Waals surface area contributed by atoms with Gasteiger partial charge in [0.25, 0.3) is 0 Å². The lowest BCUT2D eigenvalue weighted by Gasteiger charge is -2.31. The molecule has 44 heavy (non-hydrogen) atoms. The van der Waals surface area contributed by atoms with Crippen LogP contribution in [0.5, 0.6) is 11.5 Å². The highest BCUT2D eigenvalue weighted by molar-refractivity contribution is 6.11. The number of rotatable bonds is 12. The summed E-state index contributed by atoms with van der Waals surface area (Å²) in [6.45, 7) is 3.99. The van der Waals surface area contributed by atoms with Crippen molar-refractivity contribution in [1.82, 2.24) is 0 Å². The molecule has 2 aliphatic carbocycles. The van der Waals surface area contributed by atoms with Gasteiger partial charge in [0.05, 0.1) is 26.1 Å². The molecule has 0 heterocycles. The van der Waals surface area contributed by atoms with Crippen molar-refractivity contribution in [3.63, 3.8) is 0 Å². The summed E-state index contributed by atoms with van der Waals surface area (Å²) in [5, 5.41) is 3.68. The van der Waals surface area contributed by atoms with Gasteiger partial charge in [0.2, 0.25) is 0 Å². The van der Waals surface area contributed by atoms with Crippen molar-refractivity contribution in [2.24, 2.45) is 23.7 Å². The maximum atomic E-state index is 13.0. The van der Waals surface area contributed by atoms with Crippen molar-refractivity contribution in [1.29, 1.82) is 0 Å². The number of fused-ring (bicyclic) bond motifs is 2. The first-order valence-electron chi connectivity index (χ1n) is 16.8. The fourth-order valence-corrected chi connectivity index (χ4v) is 7.66. The summed E-state index contributed by atoms with van der Waals surface area (Å²) < 4.78 is 24.2. The summed E-state index contributed by atoms with van der Waals surface area (Å²) in [6, 6.07) is 16.2. The second-order valence-electron chi connectivity index (χ2n) is 13.1. The van der Waals surface area contributed by atoms with Gasteiger partial charge in [0.1, 0.15) is 23.7 Å². The summed E-state index contributed by atoms with van der Waals surface area (Å²) in [7, 11) is 2.94. The number of ether oxygens (including phenoxy) is 4. The third kappa shape index (κ3) is 7.33. The molecule has 0 radical (unpaired) electrons. The molecule has 2 saturated carbocycles. The molecule has 0 aliphatic heterocycles. The molecule has 0 N–H and O–H groups in total. The first-order valence-corrected chi connectivity index (χ1v) is 16.8. The fraction of sp³-hybridized carbons (Fsp3) is 0.579. The van der Waals surface area contributed by atoms with E-state index < -0.39 is 0 Å². The van der Waals surface area contributed by atoms with Crippen LogP contribution >= 0.6 is 0 Å². The predicted molar refractivity (Wildman–Crippen MR) is 175 cm³/mol. The van der Waals surface area contributed by atoms with Crippen molar-refractivity contribution in [2.45, 2.75) is 103 Å². The Bertz CT molecular complexity index is 1240. The fourth-order valence-electron chi connectivity index (χ4n) is 7.66. The van der Waals surface area contributed by atoms with Crippen LogP contribution in [0.3, 0.4) is 0 Å². The van der Waals surface area contributed by atoms with Crippen LogP contribution in [0.2, 0.25) is 0 Å². The Morgan fingerprint density at radius 2 is 0.909 bits per heavy atom. The van der Waals surface area contributed by atoms with Gasteiger partial charge in [0, 0.05) is 21.5 Å². The molecule has 2 fully saturated rings. The van der Waals surface area contributed by atoms with Gasteiger partial charge in [0.15, 0.2) is 0 Å². The molecular weight excluding hydrogens is 552 g/mol. The number of carbonyl (C=O) groups is 2.